The van der Waals surface area contributed by atoms with Crippen molar-refractivity contribution in [2.75, 3.05) is 6.61 Å². The summed E-state index contributed by atoms with van der Waals surface area (Å²) in [5, 5.41) is 9.29. The Labute approximate surface area is 150 Å². The molecule has 128 valence electrons. The third-order valence-electron chi connectivity index (χ3n) is 3.87. The Morgan fingerprint density at radius 3 is 2.56 bits per heavy atom. The predicted molar refractivity (Wildman–Crippen MR) is 99.0 cm³/mol. The molecule has 5 nitrogen and oxygen atoms in total. The van der Waals surface area contributed by atoms with Crippen LogP contribution in [0.3, 0.4) is 0 Å². The molecule has 0 atom stereocenters. The Bertz CT molecular complexity index is 941. The highest BCUT2D eigenvalue weighted by atomic mass is 32.1. The maximum atomic E-state index is 11.8. The normalized spacial score (nSPS) is 11.7. The molecule has 0 bridgehead atoms. The van der Waals surface area contributed by atoms with E-state index in [9.17, 15) is 9.90 Å². The van der Waals surface area contributed by atoms with E-state index in [1.165, 1.54) is 11.3 Å². The Balaban J connectivity index is 2.00. The first-order valence-electron chi connectivity index (χ1n) is 7.98. The van der Waals surface area contributed by atoms with Gasteiger partial charge in [-0.05, 0) is 24.6 Å². The van der Waals surface area contributed by atoms with Gasteiger partial charge in [-0.3, -0.25) is 4.79 Å². The van der Waals surface area contributed by atoms with Gasteiger partial charge >= 0.3 is 0 Å². The lowest BCUT2D eigenvalue weighted by atomic mass is 10.1. The summed E-state index contributed by atoms with van der Waals surface area (Å²) in [6, 6.07) is 13.9. The zero-order valence-electron chi connectivity index (χ0n) is 14.1. The minimum atomic E-state index is -0.0114. The Kier molecular flexibility index (Phi) is 5.21. The van der Waals surface area contributed by atoms with E-state index in [1.54, 1.807) is 13.1 Å². The zero-order valence-corrected chi connectivity index (χ0v) is 15.0. The lowest BCUT2D eigenvalue weighted by molar-refractivity contribution is 0.102. The highest BCUT2D eigenvalue weighted by molar-refractivity contribution is 7.11. The number of carbonyl (C=O) groups is 1. The van der Waals surface area contributed by atoms with Gasteiger partial charge in [0.25, 0.3) is 0 Å². The number of thiazole rings is 1. The molecule has 0 aliphatic rings. The van der Waals surface area contributed by atoms with Crippen LogP contribution < -0.4 is 4.80 Å². The first kappa shape index (κ1) is 17.3. The molecular formula is C19H19N3O2S. The van der Waals surface area contributed by atoms with E-state index in [4.69, 9.17) is 0 Å². The summed E-state index contributed by atoms with van der Waals surface area (Å²) >= 11 is 1.33. The first-order valence-corrected chi connectivity index (χ1v) is 8.80. The van der Waals surface area contributed by atoms with Crippen molar-refractivity contribution >= 4 is 22.9 Å². The minimum absolute atomic E-state index is 0.00280. The standard InChI is InChI=1S/C19H19N3O2S/c1-13-18(14(2)24)25-19(22(13)10-11-23)21-17-9-8-16(12-20-17)15-6-4-3-5-7-15/h3-9,12,23H,10-11H2,1-2H3. The van der Waals surface area contributed by atoms with Gasteiger partial charge in [-0.2, -0.15) is 0 Å². The second kappa shape index (κ2) is 7.55. The molecule has 0 aliphatic carbocycles. The van der Waals surface area contributed by atoms with Crippen molar-refractivity contribution in [3.05, 3.63) is 64.0 Å². The first-order chi connectivity index (χ1) is 12.1. The molecular weight excluding hydrogens is 334 g/mol. The van der Waals surface area contributed by atoms with Crippen LogP contribution in [0.5, 0.6) is 0 Å². The van der Waals surface area contributed by atoms with E-state index in [0.29, 0.717) is 22.0 Å². The average Bonchev–Trinajstić information content (AvgIpc) is 2.93. The molecule has 6 heteroatoms. The number of aliphatic hydroxyl groups excluding tert-OH is 1. The van der Waals surface area contributed by atoms with E-state index >= 15 is 0 Å². The third-order valence-corrected chi connectivity index (χ3v) is 5.15. The molecule has 1 N–H and O–H groups in total. The van der Waals surface area contributed by atoms with E-state index in [-0.39, 0.29) is 12.4 Å². The number of carbonyl (C=O) groups excluding carboxylic acids is 1. The molecule has 0 unspecified atom stereocenters. The van der Waals surface area contributed by atoms with Crippen LogP contribution in [0.1, 0.15) is 22.3 Å². The van der Waals surface area contributed by atoms with Crippen molar-refractivity contribution < 1.29 is 9.90 Å². The van der Waals surface area contributed by atoms with Gasteiger partial charge in [0.05, 0.1) is 11.5 Å². The fourth-order valence-corrected chi connectivity index (χ4v) is 3.67. The van der Waals surface area contributed by atoms with Crippen LogP contribution in [0.25, 0.3) is 11.1 Å². The molecule has 0 aliphatic heterocycles. The number of Topliss-reactive ketones (excluding diaryl/α,β-unsaturated/α-hetero) is 1. The highest BCUT2D eigenvalue weighted by Crippen LogP contribution is 2.20. The number of ketones is 1. The molecule has 0 saturated carbocycles. The number of hydrogen-bond acceptors (Lipinski definition) is 5. The fourth-order valence-electron chi connectivity index (χ4n) is 2.61. The molecule has 0 spiro atoms. The van der Waals surface area contributed by atoms with Crippen molar-refractivity contribution in [3.63, 3.8) is 0 Å². The fraction of sp³-hybridized carbons (Fsp3) is 0.211. The van der Waals surface area contributed by atoms with E-state index in [0.717, 1.165) is 16.8 Å². The quantitative estimate of drug-likeness (QED) is 0.715. The van der Waals surface area contributed by atoms with E-state index < -0.39 is 0 Å². The van der Waals surface area contributed by atoms with Gasteiger partial charge < -0.3 is 9.67 Å². The van der Waals surface area contributed by atoms with Gasteiger partial charge in [0, 0.05) is 30.9 Å². The van der Waals surface area contributed by atoms with Gasteiger partial charge in [0.15, 0.2) is 16.4 Å². The summed E-state index contributed by atoms with van der Waals surface area (Å²) in [6.45, 7) is 3.80. The summed E-state index contributed by atoms with van der Waals surface area (Å²) in [7, 11) is 0. The molecule has 3 aromatic rings. The van der Waals surface area contributed by atoms with Crippen molar-refractivity contribution in [1.29, 1.82) is 0 Å². The van der Waals surface area contributed by atoms with E-state index in [1.807, 2.05) is 54.0 Å². The molecule has 1 aromatic carbocycles. The Hall–Kier alpha value is -2.57. The molecule has 0 saturated heterocycles. The Morgan fingerprint density at radius 1 is 1.20 bits per heavy atom. The zero-order chi connectivity index (χ0) is 17.8. The van der Waals surface area contributed by atoms with Gasteiger partial charge in [-0.1, -0.05) is 41.7 Å². The van der Waals surface area contributed by atoms with Crippen LogP contribution in [0.15, 0.2) is 53.7 Å². The summed E-state index contributed by atoms with van der Waals surface area (Å²) in [4.78, 5) is 22.1. The molecule has 2 aromatic heterocycles. The summed E-state index contributed by atoms with van der Waals surface area (Å²) in [5.41, 5.74) is 2.95. The molecule has 0 radical (unpaired) electrons. The second-order valence-electron chi connectivity index (χ2n) is 5.61. The van der Waals surface area contributed by atoms with Crippen LogP contribution in [0, 0.1) is 6.92 Å². The smallest absolute Gasteiger partial charge is 0.192 e. The number of aliphatic hydroxyl groups is 1. The number of benzene rings is 1. The average molecular weight is 353 g/mol. The number of hydrogen-bond donors (Lipinski definition) is 1. The third kappa shape index (κ3) is 3.75. The van der Waals surface area contributed by atoms with Crippen molar-refractivity contribution in [3.8, 4) is 11.1 Å². The molecule has 0 fully saturated rings. The number of nitrogens with zero attached hydrogens (tertiary/aromatic N) is 3. The largest absolute Gasteiger partial charge is 0.395 e. The Morgan fingerprint density at radius 2 is 1.96 bits per heavy atom. The van der Waals surface area contributed by atoms with Gasteiger partial charge in [0.1, 0.15) is 0 Å². The van der Waals surface area contributed by atoms with E-state index in [2.05, 4.69) is 9.98 Å². The van der Waals surface area contributed by atoms with Crippen LogP contribution in [0.2, 0.25) is 0 Å². The minimum Gasteiger partial charge on any atom is -0.395 e. The van der Waals surface area contributed by atoms with Crippen LogP contribution in [-0.2, 0) is 6.54 Å². The highest BCUT2D eigenvalue weighted by Gasteiger charge is 2.13. The SMILES string of the molecule is CC(=O)c1sc(=Nc2ccc(-c3ccccc3)cn2)n(CCO)c1C. The van der Waals surface area contributed by atoms with Crippen LogP contribution in [-0.4, -0.2) is 27.0 Å². The van der Waals surface area contributed by atoms with Crippen molar-refractivity contribution in [2.24, 2.45) is 4.99 Å². The molecule has 0 amide bonds. The number of aromatic nitrogens is 2. The van der Waals surface area contributed by atoms with Gasteiger partial charge in [-0.15, -0.1) is 0 Å². The lowest BCUT2D eigenvalue weighted by Gasteiger charge is -2.04. The molecule has 25 heavy (non-hydrogen) atoms. The van der Waals surface area contributed by atoms with Crippen LogP contribution >= 0.6 is 11.3 Å². The van der Waals surface area contributed by atoms with Crippen LogP contribution in [0.4, 0.5) is 5.82 Å². The van der Waals surface area contributed by atoms with Crippen molar-refractivity contribution in [1.82, 2.24) is 9.55 Å². The number of rotatable bonds is 5. The summed E-state index contributed by atoms with van der Waals surface area (Å²) in [6.07, 6.45) is 1.79. The topological polar surface area (TPSA) is 67.5 Å². The lowest BCUT2D eigenvalue weighted by Crippen LogP contribution is -2.18. The van der Waals surface area contributed by atoms with Gasteiger partial charge in [0.2, 0.25) is 0 Å². The second-order valence-corrected chi connectivity index (χ2v) is 6.59. The monoisotopic (exact) mass is 353 g/mol. The predicted octanol–water partition coefficient (Wildman–Crippen LogP) is 3.35. The maximum absolute atomic E-state index is 11.8. The maximum Gasteiger partial charge on any atom is 0.192 e. The molecule has 2 heterocycles. The number of pyridine rings is 1. The summed E-state index contributed by atoms with van der Waals surface area (Å²) < 4.78 is 1.86. The van der Waals surface area contributed by atoms with Gasteiger partial charge in [-0.25, -0.2) is 9.98 Å². The molecule has 3 rings (SSSR count). The van der Waals surface area contributed by atoms with Crippen molar-refractivity contribution in [2.45, 2.75) is 20.4 Å². The summed E-state index contributed by atoms with van der Waals surface area (Å²) in [5.74, 6) is 0.575.